The molecule has 1 heterocycles. The van der Waals surface area contributed by atoms with E-state index in [1.54, 1.807) is 12.1 Å². The summed E-state index contributed by atoms with van der Waals surface area (Å²) in [6.45, 7) is 4.21. The zero-order valence-electron chi connectivity index (χ0n) is 11.3. The van der Waals surface area contributed by atoms with E-state index in [1.165, 1.54) is 12.1 Å². The van der Waals surface area contributed by atoms with Gasteiger partial charge in [-0.3, -0.25) is 0 Å². The predicted molar refractivity (Wildman–Crippen MR) is 81.5 cm³/mol. The summed E-state index contributed by atoms with van der Waals surface area (Å²) in [5, 5.41) is 0. The minimum Gasteiger partial charge on any atom is -0.308 e. The Morgan fingerprint density at radius 3 is 2.60 bits per heavy atom. The van der Waals surface area contributed by atoms with Crippen LogP contribution in [0.1, 0.15) is 19.5 Å². The summed E-state index contributed by atoms with van der Waals surface area (Å²) in [6.07, 6.45) is 0.806. The van der Waals surface area contributed by atoms with E-state index in [4.69, 9.17) is 5.84 Å². The fraction of sp³-hybridized carbons (Fsp3) is 0.286. The smallest absolute Gasteiger partial charge is 0.161 e. The van der Waals surface area contributed by atoms with Crippen LogP contribution in [0, 0.1) is 11.7 Å². The average molecular weight is 339 g/mol. The maximum Gasteiger partial charge on any atom is 0.161 e. The van der Waals surface area contributed by atoms with Crippen LogP contribution in [0.5, 0.6) is 0 Å². The summed E-state index contributed by atoms with van der Waals surface area (Å²) >= 11 is 3.27. The van der Waals surface area contributed by atoms with Crippen molar-refractivity contribution < 1.29 is 4.39 Å². The quantitative estimate of drug-likeness (QED) is 0.661. The summed E-state index contributed by atoms with van der Waals surface area (Å²) in [6, 6.07) is 6.37. The fourth-order valence-corrected chi connectivity index (χ4v) is 2.37. The van der Waals surface area contributed by atoms with Crippen LogP contribution in [0.4, 0.5) is 10.2 Å². The maximum atomic E-state index is 13.5. The number of rotatable bonds is 4. The third-order valence-electron chi connectivity index (χ3n) is 2.67. The molecule has 0 bridgehead atoms. The van der Waals surface area contributed by atoms with Gasteiger partial charge in [-0.25, -0.2) is 20.2 Å². The molecule has 2 rings (SSSR count). The lowest BCUT2D eigenvalue weighted by Crippen LogP contribution is -2.11. The molecule has 0 radical (unpaired) electrons. The highest BCUT2D eigenvalue weighted by molar-refractivity contribution is 9.10. The van der Waals surface area contributed by atoms with E-state index in [0.717, 1.165) is 12.1 Å². The largest absolute Gasteiger partial charge is 0.308 e. The first-order valence-electron chi connectivity index (χ1n) is 6.29. The average Bonchev–Trinajstić information content (AvgIpc) is 2.36. The highest BCUT2D eigenvalue weighted by Gasteiger charge is 2.10. The molecule has 1 aromatic carbocycles. The molecule has 0 fully saturated rings. The van der Waals surface area contributed by atoms with Crippen molar-refractivity contribution in [1.29, 1.82) is 0 Å². The molecule has 0 aliphatic heterocycles. The lowest BCUT2D eigenvalue weighted by Gasteiger charge is -2.10. The van der Waals surface area contributed by atoms with Gasteiger partial charge in [-0.2, -0.15) is 0 Å². The van der Waals surface area contributed by atoms with Crippen molar-refractivity contribution >= 4 is 21.7 Å². The van der Waals surface area contributed by atoms with E-state index < -0.39 is 0 Å². The van der Waals surface area contributed by atoms with Crippen LogP contribution < -0.4 is 11.3 Å². The number of benzene rings is 1. The number of nitrogens with two attached hydrogens (primary N) is 1. The van der Waals surface area contributed by atoms with Crippen LogP contribution in [0.2, 0.25) is 0 Å². The zero-order chi connectivity index (χ0) is 14.7. The van der Waals surface area contributed by atoms with Crippen molar-refractivity contribution in [2.45, 2.75) is 20.3 Å². The molecule has 0 spiro atoms. The number of nitrogen functional groups attached to an aromatic ring is 1. The van der Waals surface area contributed by atoms with Crippen molar-refractivity contribution in [2.75, 3.05) is 5.43 Å². The number of aromatic nitrogens is 2. The number of hydrogen-bond acceptors (Lipinski definition) is 4. The molecule has 0 aliphatic carbocycles. The molecule has 0 aliphatic rings. The zero-order valence-corrected chi connectivity index (χ0v) is 12.9. The SMILES string of the molecule is CC(C)Cc1cc(NN)nc(-c2cc(F)cc(Br)c2)n1. The van der Waals surface area contributed by atoms with Crippen molar-refractivity contribution in [3.05, 3.63) is 40.2 Å². The van der Waals surface area contributed by atoms with E-state index in [2.05, 4.69) is 45.2 Å². The summed E-state index contributed by atoms with van der Waals surface area (Å²) in [5.41, 5.74) is 4.01. The van der Waals surface area contributed by atoms with Crippen LogP contribution in [-0.2, 0) is 6.42 Å². The Morgan fingerprint density at radius 2 is 2.00 bits per heavy atom. The molecular weight excluding hydrogens is 323 g/mol. The van der Waals surface area contributed by atoms with Gasteiger partial charge < -0.3 is 5.43 Å². The number of nitrogens with one attached hydrogen (secondary N) is 1. The molecule has 3 N–H and O–H groups in total. The Kier molecular flexibility index (Phi) is 4.67. The summed E-state index contributed by atoms with van der Waals surface area (Å²) < 4.78 is 14.1. The van der Waals surface area contributed by atoms with Gasteiger partial charge in [0, 0.05) is 21.8 Å². The summed E-state index contributed by atoms with van der Waals surface area (Å²) in [4.78, 5) is 8.76. The molecule has 0 atom stereocenters. The van der Waals surface area contributed by atoms with E-state index in [0.29, 0.717) is 27.6 Å². The Bertz CT molecular complexity index is 596. The second-order valence-electron chi connectivity index (χ2n) is 4.97. The third-order valence-corrected chi connectivity index (χ3v) is 3.12. The second-order valence-corrected chi connectivity index (χ2v) is 5.88. The number of hydrazine groups is 1. The fourth-order valence-electron chi connectivity index (χ4n) is 1.91. The Labute approximate surface area is 125 Å². The monoisotopic (exact) mass is 338 g/mol. The van der Waals surface area contributed by atoms with Gasteiger partial charge in [0.25, 0.3) is 0 Å². The standard InChI is InChI=1S/C14H16BrFN4/c1-8(2)3-12-7-13(20-17)19-14(18-12)9-4-10(15)6-11(16)5-9/h4-8H,3,17H2,1-2H3,(H,18,19,20). The van der Waals surface area contributed by atoms with E-state index in [1.807, 2.05) is 0 Å². The number of anilines is 1. The van der Waals surface area contributed by atoms with Crippen LogP contribution >= 0.6 is 15.9 Å². The van der Waals surface area contributed by atoms with E-state index in [9.17, 15) is 4.39 Å². The lowest BCUT2D eigenvalue weighted by molar-refractivity contribution is 0.626. The van der Waals surface area contributed by atoms with Gasteiger partial charge in [-0.15, -0.1) is 0 Å². The minimum absolute atomic E-state index is 0.338. The first-order valence-corrected chi connectivity index (χ1v) is 7.08. The van der Waals surface area contributed by atoms with Crippen molar-refractivity contribution in [3.8, 4) is 11.4 Å². The maximum absolute atomic E-state index is 13.5. The van der Waals surface area contributed by atoms with Crippen LogP contribution in [0.3, 0.4) is 0 Å². The van der Waals surface area contributed by atoms with Gasteiger partial charge in [0.2, 0.25) is 0 Å². The number of nitrogens with zero attached hydrogens (tertiary/aromatic N) is 2. The first kappa shape index (κ1) is 14.9. The highest BCUT2D eigenvalue weighted by atomic mass is 79.9. The predicted octanol–water partition coefficient (Wildman–Crippen LogP) is 3.53. The first-order chi connectivity index (χ1) is 9.47. The molecule has 0 amide bonds. The molecule has 0 unspecified atom stereocenters. The molecule has 4 nitrogen and oxygen atoms in total. The Balaban J connectivity index is 2.49. The third kappa shape index (κ3) is 3.74. The lowest BCUT2D eigenvalue weighted by atomic mass is 10.1. The van der Waals surface area contributed by atoms with Crippen molar-refractivity contribution in [2.24, 2.45) is 11.8 Å². The number of halogens is 2. The van der Waals surface area contributed by atoms with Gasteiger partial charge in [-0.05, 0) is 30.5 Å². The van der Waals surface area contributed by atoms with Gasteiger partial charge in [0.05, 0.1) is 0 Å². The Morgan fingerprint density at radius 1 is 1.25 bits per heavy atom. The van der Waals surface area contributed by atoms with Gasteiger partial charge in [0.15, 0.2) is 5.82 Å². The summed E-state index contributed by atoms with van der Waals surface area (Å²) in [7, 11) is 0. The van der Waals surface area contributed by atoms with Crippen molar-refractivity contribution in [3.63, 3.8) is 0 Å². The van der Waals surface area contributed by atoms with Gasteiger partial charge in [-0.1, -0.05) is 29.8 Å². The second kappa shape index (κ2) is 6.28. The van der Waals surface area contributed by atoms with E-state index >= 15 is 0 Å². The van der Waals surface area contributed by atoms with Gasteiger partial charge in [0.1, 0.15) is 11.6 Å². The summed E-state index contributed by atoms with van der Waals surface area (Å²) in [5.74, 6) is 6.53. The molecule has 2 aromatic rings. The van der Waals surface area contributed by atoms with E-state index in [-0.39, 0.29) is 5.82 Å². The molecular formula is C14H16BrFN4. The van der Waals surface area contributed by atoms with Gasteiger partial charge >= 0.3 is 0 Å². The molecule has 0 saturated heterocycles. The normalized spacial score (nSPS) is 10.9. The van der Waals surface area contributed by atoms with Crippen molar-refractivity contribution in [1.82, 2.24) is 9.97 Å². The minimum atomic E-state index is -0.338. The highest BCUT2D eigenvalue weighted by Crippen LogP contribution is 2.24. The molecule has 106 valence electrons. The molecule has 20 heavy (non-hydrogen) atoms. The number of hydrogen-bond donors (Lipinski definition) is 2. The molecule has 6 heteroatoms. The Hall–Kier alpha value is -1.53. The van der Waals surface area contributed by atoms with Crippen LogP contribution in [0.25, 0.3) is 11.4 Å². The molecule has 0 saturated carbocycles. The van der Waals surface area contributed by atoms with Crippen LogP contribution in [-0.4, -0.2) is 9.97 Å². The molecule has 1 aromatic heterocycles. The van der Waals surface area contributed by atoms with Crippen LogP contribution in [0.15, 0.2) is 28.7 Å². The topological polar surface area (TPSA) is 63.8 Å².